The van der Waals surface area contributed by atoms with Crippen LogP contribution in [0.1, 0.15) is 20.7 Å². The minimum Gasteiger partial charge on any atom is -0.480 e. The van der Waals surface area contributed by atoms with Gasteiger partial charge in [0.05, 0.1) is 5.56 Å². The summed E-state index contributed by atoms with van der Waals surface area (Å²) in [5.74, 6) is 0.0260. The van der Waals surface area contributed by atoms with Crippen LogP contribution in [-0.4, -0.2) is 28.8 Å². The number of hydrogen-bond donors (Lipinski definition) is 2. The van der Waals surface area contributed by atoms with E-state index in [-0.39, 0.29) is 23.5 Å². The molecule has 0 aromatic heterocycles. The average molecular weight is 270 g/mol. The van der Waals surface area contributed by atoms with Gasteiger partial charge in [0.15, 0.2) is 0 Å². The van der Waals surface area contributed by atoms with Gasteiger partial charge >= 0.3 is 11.9 Å². The van der Waals surface area contributed by atoms with E-state index in [9.17, 15) is 9.59 Å². The third kappa shape index (κ3) is 2.40. The van der Waals surface area contributed by atoms with Gasteiger partial charge in [0.25, 0.3) is 0 Å². The molecule has 5 nitrogen and oxygen atoms in total. The number of carboxylic acids is 2. The Hall–Kier alpha value is -3.00. The van der Waals surface area contributed by atoms with Crippen LogP contribution in [-0.2, 0) is 0 Å². The quantitative estimate of drug-likeness (QED) is 0.832. The summed E-state index contributed by atoms with van der Waals surface area (Å²) in [4.78, 5) is 22.4. The second-order valence-corrected chi connectivity index (χ2v) is 3.98. The molecular formula is C15H10O5. The summed E-state index contributed by atoms with van der Waals surface area (Å²) in [6.07, 6.45) is 5.08. The van der Waals surface area contributed by atoms with Crippen molar-refractivity contribution in [2.75, 3.05) is 6.61 Å². The van der Waals surface area contributed by atoms with Gasteiger partial charge in [-0.2, -0.15) is 0 Å². The molecule has 2 N–H and O–H groups in total. The first-order chi connectivity index (χ1) is 9.54. The van der Waals surface area contributed by atoms with Crippen molar-refractivity contribution in [3.05, 3.63) is 41.5 Å². The molecule has 0 fully saturated rings. The maximum atomic E-state index is 11.2. The molecule has 0 atom stereocenters. The van der Waals surface area contributed by atoms with Gasteiger partial charge in [0, 0.05) is 0 Å². The Morgan fingerprint density at radius 2 is 1.85 bits per heavy atom. The Bertz CT molecular complexity index is 740. The maximum absolute atomic E-state index is 11.2. The third-order valence-electron chi connectivity index (χ3n) is 2.75. The topological polar surface area (TPSA) is 83.8 Å². The van der Waals surface area contributed by atoms with E-state index in [1.807, 2.05) is 0 Å². The largest absolute Gasteiger partial charge is 0.480 e. The lowest BCUT2D eigenvalue weighted by Gasteiger charge is -2.10. The highest BCUT2D eigenvalue weighted by molar-refractivity contribution is 6.06. The predicted molar refractivity (Wildman–Crippen MR) is 72.2 cm³/mol. The molecule has 5 heteroatoms. The zero-order chi connectivity index (χ0) is 14.7. The SMILES string of the molecule is C#CCOc1cc2c(C(=O)O)cccc2cc1C(=O)O. The van der Waals surface area contributed by atoms with Crippen LogP contribution in [0.15, 0.2) is 30.3 Å². The molecule has 0 aliphatic heterocycles. The second kappa shape index (κ2) is 5.33. The van der Waals surface area contributed by atoms with Crippen LogP contribution >= 0.6 is 0 Å². The molecule has 0 aliphatic carbocycles. The average Bonchev–Trinajstić information content (AvgIpc) is 2.43. The molecule has 0 unspecified atom stereocenters. The Morgan fingerprint density at radius 1 is 1.15 bits per heavy atom. The van der Waals surface area contributed by atoms with E-state index >= 15 is 0 Å². The smallest absolute Gasteiger partial charge is 0.339 e. The lowest BCUT2D eigenvalue weighted by molar-refractivity contribution is 0.0685. The highest BCUT2D eigenvalue weighted by Crippen LogP contribution is 2.28. The van der Waals surface area contributed by atoms with E-state index in [0.717, 1.165) is 0 Å². The van der Waals surface area contributed by atoms with Crippen molar-refractivity contribution in [2.24, 2.45) is 0 Å². The number of hydrogen-bond acceptors (Lipinski definition) is 3. The first-order valence-electron chi connectivity index (χ1n) is 5.64. The molecule has 0 radical (unpaired) electrons. The summed E-state index contributed by atoms with van der Waals surface area (Å²) in [6, 6.07) is 7.39. The van der Waals surface area contributed by atoms with Crippen LogP contribution in [0.25, 0.3) is 10.8 Å². The lowest BCUT2D eigenvalue weighted by atomic mass is 10.0. The summed E-state index contributed by atoms with van der Waals surface area (Å²) < 4.78 is 5.18. The van der Waals surface area contributed by atoms with Gasteiger partial charge in [-0.1, -0.05) is 18.1 Å². The number of fused-ring (bicyclic) bond motifs is 1. The standard InChI is InChI=1S/C15H10O5/c1-2-6-20-13-8-11-9(7-12(13)15(18)19)4-3-5-10(11)14(16)17/h1,3-5,7-8H,6H2,(H,16,17)(H,18,19). The Morgan fingerprint density at radius 3 is 2.45 bits per heavy atom. The normalized spacial score (nSPS) is 9.95. The number of ether oxygens (including phenoxy) is 1. The highest BCUT2D eigenvalue weighted by Gasteiger charge is 2.16. The van der Waals surface area contributed by atoms with E-state index in [1.165, 1.54) is 18.2 Å². The highest BCUT2D eigenvalue weighted by atomic mass is 16.5. The summed E-state index contributed by atoms with van der Waals surface area (Å²) >= 11 is 0. The molecule has 2 aromatic carbocycles. The van der Waals surface area contributed by atoms with E-state index in [2.05, 4.69) is 5.92 Å². The minimum absolute atomic E-state index is 0.0525. The Balaban J connectivity index is 2.72. The number of rotatable bonds is 4. The molecule has 0 bridgehead atoms. The van der Waals surface area contributed by atoms with Gasteiger partial charge in [0.2, 0.25) is 0 Å². The molecule has 2 rings (SSSR count). The summed E-state index contributed by atoms with van der Waals surface area (Å²) in [7, 11) is 0. The van der Waals surface area contributed by atoms with Gasteiger partial charge in [-0.15, -0.1) is 6.42 Å². The Labute approximate surface area is 114 Å². The first kappa shape index (κ1) is 13.4. The fourth-order valence-electron chi connectivity index (χ4n) is 1.90. The van der Waals surface area contributed by atoms with Gasteiger partial charge < -0.3 is 14.9 Å². The van der Waals surface area contributed by atoms with E-state index < -0.39 is 11.9 Å². The van der Waals surface area contributed by atoms with Gasteiger partial charge in [-0.3, -0.25) is 0 Å². The zero-order valence-corrected chi connectivity index (χ0v) is 10.3. The second-order valence-electron chi connectivity index (χ2n) is 3.98. The van der Waals surface area contributed by atoms with E-state index in [0.29, 0.717) is 10.8 Å². The molecular weight excluding hydrogens is 260 g/mol. The fourth-order valence-corrected chi connectivity index (χ4v) is 1.90. The molecule has 0 saturated heterocycles. The lowest BCUT2D eigenvalue weighted by Crippen LogP contribution is -2.05. The van der Waals surface area contributed by atoms with Gasteiger partial charge in [-0.05, 0) is 29.0 Å². The zero-order valence-electron chi connectivity index (χ0n) is 10.3. The monoisotopic (exact) mass is 270 g/mol. The van der Waals surface area contributed by atoms with Crippen LogP contribution in [0.3, 0.4) is 0 Å². The van der Waals surface area contributed by atoms with Gasteiger partial charge in [0.1, 0.15) is 17.9 Å². The molecule has 0 heterocycles. The number of terminal acetylenes is 1. The van der Waals surface area contributed by atoms with Crippen molar-refractivity contribution >= 4 is 22.7 Å². The molecule has 0 saturated carbocycles. The van der Waals surface area contributed by atoms with Crippen LogP contribution in [0.5, 0.6) is 5.75 Å². The summed E-state index contributed by atoms with van der Waals surface area (Å²) in [5.41, 5.74) is 0.0142. The maximum Gasteiger partial charge on any atom is 0.339 e. The van der Waals surface area contributed by atoms with Crippen molar-refractivity contribution < 1.29 is 24.5 Å². The van der Waals surface area contributed by atoms with Crippen molar-refractivity contribution in [2.45, 2.75) is 0 Å². The van der Waals surface area contributed by atoms with Crippen molar-refractivity contribution in [1.82, 2.24) is 0 Å². The minimum atomic E-state index is -1.17. The molecule has 2 aromatic rings. The molecule has 0 spiro atoms. The van der Waals surface area contributed by atoms with Crippen LogP contribution < -0.4 is 4.74 Å². The Kier molecular flexibility index (Phi) is 3.58. The fraction of sp³-hybridized carbons (Fsp3) is 0.0667. The van der Waals surface area contributed by atoms with Crippen LogP contribution in [0.4, 0.5) is 0 Å². The number of carboxylic acid groups (broad SMARTS) is 2. The summed E-state index contributed by atoms with van der Waals surface area (Å²) in [6.45, 7) is -0.0962. The van der Waals surface area contributed by atoms with Crippen molar-refractivity contribution in [1.29, 1.82) is 0 Å². The van der Waals surface area contributed by atoms with E-state index in [4.69, 9.17) is 21.4 Å². The van der Waals surface area contributed by atoms with Crippen LogP contribution in [0, 0.1) is 12.3 Å². The van der Waals surface area contributed by atoms with Crippen molar-refractivity contribution in [3.63, 3.8) is 0 Å². The predicted octanol–water partition coefficient (Wildman–Crippen LogP) is 2.25. The number of carbonyl (C=O) groups is 2. The van der Waals surface area contributed by atoms with Crippen LogP contribution in [0.2, 0.25) is 0 Å². The number of aromatic carboxylic acids is 2. The number of benzene rings is 2. The summed E-state index contributed by atoms with van der Waals surface area (Å²) in [5, 5.41) is 19.2. The molecule has 0 amide bonds. The first-order valence-corrected chi connectivity index (χ1v) is 5.64. The molecule has 100 valence electrons. The van der Waals surface area contributed by atoms with Crippen molar-refractivity contribution in [3.8, 4) is 18.1 Å². The molecule has 20 heavy (non-hydrogen) atoms. The molecule has 0 aliphatic rings. The third-order valence-corrected chi connectivity index (χ3v) is 2.75. The van der Waals surface area contributed by atoms with E-state index in [1.54, 1.807) is 12.1 Å². The van der Waals surface area contributed by atoms with Gasteiger partial charge in [-0.25, -0.2) is 9.59 Å².